The Morgan fingerprint density at radius 2 is 2.12 bits per heavy atom. The summed E-state index contributed by atoms with van der Waals surface area (Å²) in [6, 6.07) is 4.27. The SMILES string of the molecule is [CH2]CC1CCC(c2cccnc2)(N(C)C)CC1. The molecule has 0 unspecified atom stereocenters. The molecule has 0 saturated heterocycles. The first kappa shape index (κ1) is 12.6. The van der Waals surface area contributed by atoms with E-state index < -0.39 is 0 Å². The molecular weight excluding hydrogens is 208 g/mol. The molecule has 0 amide bonds. The molecule has 0 N–H and O–H groups in total. The molecule has 1 radical (unpaired) electrons. The van der Waals surface area contributed by atoms with Gasteiger partial charge in [0.15, 0.2) is 0 Å². The summed E-state index contributed by atoms with van der Waals surface area (Å²) >= 11 is 0. The highest BCUT2D eigenvalue weighted by molar-refractivity contribution is 5.21. The summed E-state index contributed by atoms with van der Waals surface area (Å²) in [6.45, 7) is 4.05. The smallest absolute Gasteiger partial charge is 0.0470 e. The minimum atomic E-state index is 0.194. The number of hydrogen-bond donors (Lipinski definition) is 0. The standard InChI is InChI=1S/C15H23N2/c1-4-13-7-9-15(10-8-13,17(2)3)14-6-5-11-16-12-14/h5-6,11-13H,1,4,7-10H2,2-3H3. The lowest BCUT2D eigenvalue weighted by molar-refractivity contribution is 0.0774. The minimum absolute atomic E-state index is 0.194. The Morgan fingerprint density at radius 1 is 1.41 bits per heavy atom. The Morgan fingerprint density at radius 3 is 2.59 bits per heavy atom. The largest absolute Gasteiger partial charge is 0.300 e. The number of rotatable bonds is 3. The molecule has 2 rings (SSSR count). The van der Waals surface area contributed by atoms with Crippen LogP contribution in [0.5, 0.6) is 0 Å². The number of aromatic nitrogens is 1. The summed E-state index contributed by atoms with van der Waals surface area (Å²) in [5.74, 6) is 0.819. The quantitative estimate of drug-likeness (QED) is 0.794. The van der Waals surface area contributed by atoms with Crippen LogP contribution < -0.4 is 0 Å². The van der Waals surface area contributed by atoms with Crippen molar-refractivity contribution in [2.45, 2.75) is 37.6 Å². The van der Waals surface area contributed by atoms with E-state index in [9.17, 15) is 0 Å². The van der Waals surface area contributed by atoms with Gasteiger partial charge in [0.25, 0.3) is 0 Å². The van der Waals surface area contributed by atoms with Gasteiger partial charge in [-0.1, -0.05) is 19.4 Å². The maximum absolute atomic E-state index is 4.29. The average Bonchev–Trinajstić information content (AvgIpc) is 2.39. The van der Waals surface area contributed by atoms with Crippen molar-refractivity contribution in [1.82, 2.24) is 9.88 Å². The zero-order valence-electron chi connectivity index (χ0n) is 11.0. The molecule has 0 aromatic carbocycles. The first-order valence-corrected chi connectivity index (χ1v) is 6.56. The number of hydrogen-bond acceptors (Lipinski definition) is 2. The van der Waals surface area contributed by atoms with Crippen molar-refractivity contribution >= 4 is 0 Å². The van der Waals surface area contributed by atoms with Crippen molar-refractivity contribution in [2.24, 2.45) is 5.92 Å². The van der Waals surface area contributed by atoms with E-state index in [-0.39, 0.29) is 5.54 Å². The average molecular weight is 231 g/mol. The third kappa shape index (κ3) is 2.37. The molecule has 1 fully saturated rings. The second kappa shape index (κ2) is 5.18. The Balaban J connectivity index is 2.24. The zero-order chi connectivity index (χ0) is 12.3. The predicted octanol–water partition coefficient (Wildman–Crippen LogP) is 3.25. The fourth-order valence-electron chi connectivity index (χ4n) is 3.08. The summed E-state index contributed by atoms with van der Waals surface area (Å²) in [4.78, 5) is 6.67. The number of pyridine rings is 1. The third-order valence-corrected chi connectivity index (χ3v) is 4.40. The zero-order valence-corrected chi connectivity index (χ0v) is 11.0. The fourth-order valence-corrected chi connectivity index (χ4v) is 3.08. The van der Waals surface area contributed by atoms with E-state index in [1.165, 1.54) is 31.2 Å². The third-order valence-electron chi connectivity index (χ3n) is 4.40. The highest BCUT2D eigenvalue weighted by Gasteiger charge is 2.38. The monoisotopic (exact) mass is 231 g/mol. The van der Waals surface area contributed by atoms with Gasteiger partial charge in [-0.25, -0.2) is 0 Å². The lowest BCUT2D eigenvalue weighted by atomic mass is 9.72. The van der Waals surface area contributed by atoms with Crippen LogP contribution in [0.1, 0.15) is 37.7 Å². The predicted molar refractivity (Wildman–Crippen MR) is 71.5 cm³/mol. The molecule has 0 spiro atoms. The van der Waals surface area contributed by atoms with E-state index in [2.05, 4.69) is 37.0 Å². The summed E-state index contributed by atoms with van der Waals surface area (Å²) in [6.07, 6.45) is 10.0. The molecule has 0 atom stereocenters. The highest BCUT2D eigenvalue weighted by atomic mass is 15.1. The Labute approximate surface area is 105 Å². The minimum Gasteiger partial charge on any atom is -0.300 e. The van der Waals surface area contributed by atoms with Crippen molar-refractivity contribution in [1.29, 1.82) is 0 Å². The Hall–Kier alpha value is -0.890. The lowest BCUT2D eigenvalue weighted by Gasteiger charge is -2.45. The summed E-state index contributed by atoms with van der Waals surface area (Å²) < 4.78 is 0. The molecule has 1 aromatic heterocycles. The molecular formula is C15H23N2. The first-order valence-electron chi connectivity index (χ1n) is 6.56. The van der Waals surface area contributed by atoms with Gasteiger partial charge in [-0.05, 0) is 57.3 Å². The van der Waals surface area contributed by atoms with E-state index >= 15 is 0 Å². The topological polar surface area (TPSA) is 16.1 Å². The molecule has 1 aliphatic carbocycles. The first-order chi connectivity index (χ1) is 8.19. The van der Waals surface area contributed by atoms with Gasteiger partial charge in [0, 0.05) is 17.9 Å². The maximum atomic E-state index is 4.29. The van der Waals surface area contributed by atoms with Crippen LogP contribution in [-0.2, 0) is 5.54 Å². The Bertz CT molecular complexity index is 337. The van der Waals surface area contributed by atoms with Gasteiger partial charge in [-0.2, -0.15) is 0 Å². The van der Waals surface area contributed by atoms with Crippen LogP contribution in [0.3, 0.4) is 0 Å². The summed E-state index contributed by atoms with van der Waals surface area (Å²) in [5, 5.41) is 0. The van der Waals surface area contributed by atoms with Gasteiger partial charge < -0.3 is 0 Å². The summed E-state index contributed by atoms with van der Waals surface area (Å²) in [5.41, 5.74) is 1.56. The number of nitrogens with zero attached hydrogens (tertiary/aromatic N) is 2. The molecule has 1 aliphatic rings. The lowest BCUT2D eigenvalue weighted by Crippen LogP contribution is -2.44. The van der Waals surface area contributed by atoms with Crippen molar-refractivity contribution in [2.75, 3.05) is 14.1 Å². The molecule has 2 heteroatoms. The molecule has 93 valence electrons. The fraction of sp³-hybridized carbons (Fsp3) is 0.600. The molecule has 0 bridgehead atoms. The van der Waals surface area contributed by atoms with Crippen molar-refractivity contribution < 1.29 is 0 Å². The van der Waals surface area contributed by atoms with E-state index in [4.69, 9.17) is 0 Å². The normalized spacial score (nSPS) is 29.5. The summed E-state index contributed by atoms with van der Waals surface area (Å²) in [7, 11) is 4.38. The van der Waals surface area contributed by atoms with E-state index in [1.54, 1.807) is 0 Å². The Kier molecular flexibility index (Phi) is 3.82. The second-order valence-electron chi connectivity index (χ2n) is 5.40. The van der Waals surface area contributed by atoms with Gasteiger partial charge in [0.1, 0.15) is 0 Å². The molecule has 0 aliphatic heterocycles. The van der Waals surface area contributed by atoms with Crippen molar-refractivity contribution in [3.8, 4) is 0 Å². The van der Waals surface area contributed by atoms with E-state index in [1.807, 2.05) is 18.5 Å². The van der Waals surface area contributed by atoms with Crippen LogP contribution >= 0.6 is 0 Å². The molecule has 1 saturated carbocycles. The van der Waals surface area contributed by atoms with Gasteiger partial charge >= 0.3 is 0 Å². The van der Waals surface area contributed by atoms with Crippen LogP contribution in [0.25, 0.3) is 0 Å². The second-order valence-corrected chi connectivity index (χ2v) is 5.40. The van der Waals surface area contributed by atoms with E-state index in [0.29, 0.717) is 0 Å². The van der Waals surface area contributed by atoms with Crippen LogP contribution in [0.2, 0.25) is 0 Å². The van der Waals surface area contributed by atoms with Crippen molar-refractivity contribution in [3.63, 3.8) is 0 Å². The van der Waals surface area contributed by atoms with Gasteiger partial charge in [-0.15, -0.1) is 0 Å². The van der Waals surface area contributed by atoms with Crippen LogP contribution in [0.4, 0.5) is 0 Å². The molecule has 17 heavy (non-hydrogen) atoms. The van der Waals surface area contributed by atoms with E-state index in [0.717, 1.165) is 12.3 Å². The molecule has 1 aromatic rings. The highest BCUT2D eigenvalue weighted by Crippen LogP contribution is 2.43. The van der Waals surface area contributed by atoms with Gasteiger partial charge in [-0.3, -0.25) is 9.88 Å². The van der Waals surface area contributed by atoms with Crippen LogP contribution in [-0.4, -0.2) is 24.0 Å². The van der Waals surface area contributed by atoms with Crippen molar-refractivity contribution in [3.05, 3.63) is 37.0 Å². The maximum Gasteiger partial charge on any atom is 0.0470 e. The van der Waals surface area contributed by atoms with Crippen LogP contribution in [0, 0.1) is 12.8 Å². The van der Waals surface area contributed by atoms with Gasteiger partial charge in [0.05, 0.1) is 0 Å². The van der Waals surface area contributed by atoms with Gasteiger partial charge in [0.2, 0.25) is 0 Å². The van der Waals surface area contributed by atoms with Crippen LogP contribution in [0.15, 0.2) is 24.5 Å². The molecule has 2 nitrogen and oxygen atoms in total. The molecule has 1 heterocycles.